The molecule has 2 rings (SSSR count). The number of ether oxygens (including phenoxy) is 1. The van der Waals surface area contributed by atoms with Gasteiger partial charge in [-0.15, -0.1) is 0 Å². The van der Waals surface area contributed by atoms with Gasteiger partial charge in [-0.25, -0.2) is 4.79 Å². The van der Waals surface area contributed by atoms with Crippen molar-refractivity contribution in [2.75, 3.05) is 17.8 Å². The van der Waals surface area contributed by atoms with Crippen LogP contribution in [0.5, 0.6) is 0 Å². The summed E-state index contributed by atoms with van der Waals surface area (Å²) >= 11 is 1.11. The van der Waals surface area contributed by atoms with Crippen molar-refractivity contribution in [2.24, 2.45) is 0 Å². The fourth-order valence-corrected chi connectivity index (χ4v) is 2.99. The first kappa shape index (κ1) is 15.6. The van der Waals surface area contributed by atoms with E-state index < -0.39 is 12.0 Å². The van der Waals surface area contributed by atoms with E-state index in [1.54, 1.807) is 0 Å². The highest BCUT2D eigenvalue weighted by Crippen LogP contribution is 2.33. The minimum atomic E-state index is -0.609. The number of benzene rings is 1. The molecule has 0 bridgehead atoms. The Labute approximate surface area is 127 Å². The Morgan fingerprint density at radius 1 is 1.33 bits per heavy atom. The molecule has 0 aliphatic carbocycles. The van der Waals surface area contributed by atoms with Crippen molar-refractivity contribution in [1.29, 1.82) is 0 Å². The minimum Gasteiger partial charge on any atom is -0.467 e. The van der Waals surface area contributed by atoms with Gasteiger partial charge < -0.3 is 4.74 Å². The molecule has 1 amide bonds. The molecule has 0 radical (unpaired) electrons. The monoisotopic (exact) mass is 307 g/mol. The summed E-state index contributed by atoms with van der Waals surface area (Å²) < 4.78 is 4.80. The van der Waals surface area contributed by atoms with Crippen LogP contribution in [0.15, 0.2) is 24.3 Å². The van der Waals surface area contributed by atoms with E-state index >= 15 is 0 Å². The number of hydrogen-bond donors (Lipinski definition) is 0. The summed E-state index contributed by atoms with van der Waals surface area (Å²) in [5.74, 6) is -0.163. The van der Waals surface area contributed by atoms with Crippen LogP contribution < -0.4 is 4.90 Å². The molecule has 0 fully saturated rings. The SMILES string of the molecule is COC(=O)C1Cc2ccccc2N1C(=O)CCSC(C)=O. The zero-order chi connectivity index (χ0) is 15.4. The van der Waals surface area contributed by atoms with Crippen molar-refractivity contribution < 1.29 is 19.1 Å². The second kappa shape index (κ2) is 6.76. The van der Waals surface area contributed by atoms with Gasteiger partial charge in [0.2, 0.25) is 5.91 Å². The zero-order valence-corrected chi connectivity index (χ0v) is 12.8. The number of fused-ring (bicyclic) bond motifs is 1. The molecule has 0 saturated carbocycles. The summed E-state index contributed by atoms with van der Waals surface area (Å²) in [7, 11) is 1.32. The van der Waals surface area contributed by atoms with Gasteiger partial charge in [0.25, 0.3) is 0 Å². The molecule has 1 aliphatic heterocycles. The Balaban J connectivity index is 2.17. The second-order valence-electron chi connectivity index (χ2n) is 4.73. The molecule has 0 aromatic heterocycles. The van der Waals surface area contributed by atoms with Crippen LogP contribution in [0.25, 0.3) is 0 Å². The number of carbonyl (C=O) groups excluding carboxylic acids is 3. The van der Waals surface area contributed by atoms with E-state index in [4.69, 9.17) is 4.74 Å². The first-order valence-electron chi connectivity index (χ1n) is 6.65. The Bertz CT molecular complexity index is 573. The number of para-hydroxylation sites is 1. The topological polar surface area (TPSA) is 63.7 Å². The molecule has 1 atom stereocenters. The summed E-state index contributed by atoms with van der Waals surface area (Å²) in [5.41, 5.74) is 1.71. The average molecular weight is 307 g/mol. The first-order valence-corrected chi connectivity index (χ1v) is 7.64. The van der Waals surface area contributed by atoms with Gasteiger partial charge in [0.1, 0.15) is 6.04 Å². The van der Waals surface area contributed by atoms with Crippen LogP contribution in [0.2, 0.25) is 0 Å². The van der Waals surface area contributed by atoms with Crippen LogP contribution in [0.4, 0.5) is 5.69 Å². The number of amides is 1. The third kappa shape index (κ3) is 3.44. The van der Waals surface area contributed by atoms with Gasteiger partial charge in [-0.05, 0) is 11.6 Å². The van der Waals surface area contributed by atoms with E-state index in [1.807, 2.05) is 24.3 Å². The normalized spacial score (nSPS) is 16.5. The van der Waals surface area contributed by atoms with E-state index in [9.17, 15) is 14.4 Å². The minimum absolute atomic E-state index is 0.0193. The largest absolute Gasteiger partial charge is 0.467 e. The van der Waals surface area contributed by atoms with Crippen LogP contribution in [0.1, 0.15) is 18.9 Å². The summed E-state index contributed by atoms with van der Waals surface area (Å²) in [4.78, 5) is 36.7. The molecule has 1 aliphatic rings. The highest BCUT2D eigenvalue weighted by Gasteiger charge is 2.38. The standard InChI is InChI=1S/C15H17NO4S/c1-10(17)21-8-7-14(18)16-12-6-4-3-5-11(12)9-13(16)15(19)20-2/h3-6,13H,7-9H2,1-2H3. The van der Waals surface area contributed by atoms with E-state index in [-0.39, 0.29) is 17.4 Å². The predicted octanol–water partition coefficient (Wildman–Crippen LogP) is 1.79. The van der Waals surface area contributed by atoms with E-state index in [0.29, 0.717) is 12.2 Å². The van der Waals surface area contributed by atoms with Crippen molar-refractivity contribution in [3.63, 3.8) is 0 Å². The molecular weight excluding hydrogens is 290 g/mol. The Morgan fingerprint density at radius 2 is 2.05 bits per heavy atom. The van der Waals surface area contributed by atoms with Gasteiger partial charge in [-0.3, -0.25) is 14.5 Å². The van der Waals surface area contributed by atoms with E-state index in [0.717, 1.165) is 23.0 Å². The van der Waals surface area contributed by atoms with Crippen LogP contribution in [-0.2, 0) is 25.5 Å². The maximum absolute atomic E-state index is 12.4. The number of rotatable bonds is 4. The van der Waals surface area contributed by atoms with Gasteiger partial charge in [0.15, 0.2) is 5.12 Å². The number of anilines is 1. The van der Waals surface area contributed by atoms with Crippen molar-refractivity contribution in [3.05, 3.63) is 29.8 Å². The summed E-state index contributed by atoms with van der Waals surface area (Å²) in [6, 6.07) is 6.84. The molecule has 1 unspecified atom stereocenters. The van der Waals surface area contributed by atoms with Crippen LogP contribution in [0, 0.1) is 0 Å². The van der Waals surface area contributed by atoms with Crippen LogP contribution in [0.3, 0.4) is 0 Å². The number of thioether (sulfide) groups is 1. The average Bonchev–Trinajstić information content (AvgIpc) is 2.85. The molecule has 0 N–H and O–H groups in total. The molecule has 1 aromatic carbocycles. The van der Waals surface area contributed by atoms with Gasteiger partial charge in [0, 0.05) is 31.2 Å². The van der Waals surface area contributed by atoms with Gasteiger partial charge in [-0.2, -0.15) is 0 Å². The van der Waals surface area contributed by atoms with E-state index in [1.165, 1.54) is 18.9 Å². The van der Waals surface area contributed by atoms with Crippen molar-refractivity contribution in [1.82, 2.24) is 0 Å². The molecule has 112 valence electrons. The number of esters is 1. The van der Waals surface area contributed by atoms with Crippen molar-refractivity contribution in [2.45, 2.75) is 25.8 Å². The van der Waals surface area contributed by atoms with Crippen LogP contribution >= 0.6 is 11.8 Å². The summed E-state index contributed by atoms with van der Waals surface area (Å²) in [5, 5.41) is -0.0193. The van der Waals surface area contributed by atoms with Crippen molar-refractivity contribution >= 4 is 34.4 Å². The molecule has 6 heteroatoms. The maximum Gasteiger partial charge on any atom is 0.329 e. The predicted molar refractivity (Wildman–Crippen MR) is 81.2 cm³/mol. The fourth-order valence-electron chi connectivity index (χ4n) is 2.42. The lowest BCUT2D eigenvalue weighted by molar-refractivity contribution is -0.143. The lowest BCUT2D eigenvalue weighted by Crippen LogP contribution is -2.43. The highest BCUT2D eigenvalue weighted by atomic mass is 32.2. The molecule has 21 heavy (non-hydrogen) atoms. The fraction of sp³-hybridized carbons (Fsp3) is 0.400. The molecule has 0 saturated heterocycles. The lowest BCUT2D eigenvalue weighted by atomic mass is 10.1. The second-order valence-corrected chi connectivity index (χ2v) is 6.00. The zero-order valence-electron chi connectivity index (χ0n) is 12.0. The van der Waals surface area contributed by atoms with Crippen LogP contribution in [-0.4, -0.2) is 35.9 Å². The smallest absolute Gasteiger partial charge is 0.329 e. The highest BCUT2D eigenvalue weighted by molar-refractivity contribution is 8.13. The molecule has 0 spiro atoms. The van der Waals surface area contributed by atoms with Gasteiger partial charge in [-0.1, -0.05) is 30.0 Å². The Morgan fingerprint density at radius 3 is 2.71 bits per heavy atom. The van der Waals surface area contributed by atoms with Gasteiger partial charge >= 0.3 is 5.97 Å². The van der Waals surface area contributed by atoms with E-state index in [2.05, 4.69) is 0 Å². The first-order chi connectivity index (χ1) is 10.0. The van der Waals surface area contributed by atoms with Gasteiger partial charge in [0.05, 0.1) is 7.11 Å². The molecule has 1 aromatic rings. The molecule has 5 nitrogen and oxygen atoms in total. The molecule has 1 heterocycles. The summed E-state index contributed by atoms with van der Waals surface area (Å²) in [6.07, 6.45) is 0.681. The Kier molecular flexibility index (Phi) is 5.01. The quantitative estimate of drug-likeness (QED) is 0.794. The number of hydrogen-bond acceptors (Lipinski definition) is 5. The third-order valence-electron chi connectivity index (χ3n) is 3.34. The molecular formula is C15H17NO4S. The van der Waals surface area contributed by atoms with Crippen molar-refractivity contribution in [3.8, 4) is 0 Å². The number of nitrogens with zero attached hydrogens (tertiary/aromatic N) is 1. The summed E-state index contributed by atoms with van der Waals surface area (Å²) in [6.45, 7) is 1.47. The lowest BCUT2D eigenvalue weighted by Gasteiger charge is -2.23. The Hall–Kier alpha value is -1.82. The maximum atomic E-state index is 12.4. The third-order valence-corrected chi connectivity index (χ3v) is 4.15. The number of methoxy groups -OCH3 is 1. The number of carbonyl (C=O) groups is 3.